The third-order valence-corrected chi connectivity index (χ3v) is 4.15. The van der Waals surface area contributed by atoms with E-state index in [-0.39, 0.29) is 6.10 Å². The number of nitrogens with one attached hydrogen (secondary N) is 1. The lowest BCUT2D eigenvalue weighted by Crippen LogP contribution is -2.09. The SMILES string of the molecule is CCC(C)Oc1cccc(NCc2ccc(SC)cc2)c1. The van der Waals surface area contributed by atoms with Gasteiger partial charge in [0.15, 0.2) is 0 Å². The average molecular weight is 301 g/mol. The van der Waals surface area contributed by atoms with Crippen LogP contribution in [-0.2, 0) is 6.54 Å². The molecule has 0 aliphatic rings. The maximum atomic E-state index is 5.84. The van der Waals surface area contributed by atoms with Crippen LogP contribution in [0.5, 0.6) is 5.75 Å². The predicted molar refractivity (Wildman–Crippen MR) is 92.4 cm³/mol. The molecule has 112 valence electrons. The molecular formula is C18H23NOS. The van der Waals surface area contributed by atoms with Crippen LogP contribution in [0.25, 0.3) is 0 Å². The summed E-state index contributed by atoms with van der Waals surface area (Å²) >= 11 is 1.76. The van der Waals surface area contributed by atoms with Gasteiger partial charge in [0.2, 0.25) is 0 Å². The van der Waals surface area contributed by atoms with Crippen molar-refractivity contribution < 1.29 is 4.74 Å². The van der Waals surface area contributed by atoms with E-state index in [1.807, 2.05) is 12.1 Å². The molecule has 0 aromatic heterocycles. The van der Waals surface area contributed by atoms with Gasteiger partial charge in [-0.05, 0) is 49.4 Å². The standard InChI is InChI=1S/C18H23NOS/c1-4-14(2)20-17-7-5-6-16(12-17)19-13-15-8-10-18(21-3)11-9-15/h5-12,14,19H,4,13H2,1-3H3. The molecule has 0 aliphatic carbocycles. The largest absolute Gasteiger partial charge is 0.491 e. The number of anilines is 1. The summed E-state index contributed by atoms with van der Waals surface area (Å²) in [6, 6.07) is 16.8. The van der Waals surface area contributed by atoms with E-state index < -0.39 is 0 Å². The molecule has 0 radical (unpaired) electrons. The quantitative estimate of drug-likeness (QED) is 0.710. The highest BCUT2D eigenvalue weighted by molar-refractivity contribution is 7.98. The van der Waals surface area contributed by atoms with E-state index in [2.05, 4.69) is 61.8 Å². The molecule has 2 aromatic carbocycles. The van der Waals surface area contributed by atoms with Crippen molar-refractivity contribution in [3.05, 3.63) is 54.1 Å². The Labute approximate surface area is 131 Å². The average Bonchev–Trinajstić information content (AvgIpc) is 2.53. The van der Waals surface area contributed by atoms with E-state index in [4.69, 9.17) is 4.74 Å². The second-order valence-corrected chi connectivity index (χ2v) is 5.95. The van der Waals surface area contributed by atoms with Gasteiger partial charge in [-0.15, -0.1) is 11.8 Å². The summed E-state index contributed by atoms with van der Waals surface area (Å²) in [5.74, 6) is 0.923. The van der Waals surface area contributed by atoms with Crippen molar-refractivity contribution in [1.29, 1.82) is 0 Å². The van der Waals surface area contributed by atoms with Crippen LogP contribution in [0.15, 0.2) is 53.4 Å². The van der Waals surface area contributed by atoms with Gasteiger partial charge in [0, 0.05) is 23.2 Å². The van der Waals surface area contributed by atoms with Crippen LogP contribution >= 0.6 is 11.8 Å². The van der Waals surface area contributed by atoms with Crippen molar-refractivity contribution in [2.75, 3.05) is 11.6 Å². The van der Waals surface area contributed by atoms with Crippen LogP contribution in [0.4, 0.5) is 5.69 Å². The topological polar surface area (TPSA) is 21.3 Å². The fourth-order valence-corrected chi connectivity index (χ4v) is 2.35. The van der Waals surface area contributed by atoms with E-state index in [9.17, 15) is 0 Å². The molecule has 0 fully saturated rings. The fourth-order valence-electron chi connectivity index (χ4n) is 1.94. The van der Waals surface area contributed by atoms with Crippen molar-refractivity contribution in [2.24, 2.45) is 0 Å². The van der Waals surface area contributed by atoms with Gasteiger partial charge in [-0.1, -0.05) is 25.1 Å². The molecule has 0 amide bonds. The van der Waals surface area contributed by atoms with Gasteiger partial charge in [0.25, 0.3) is 0 Å². The second kappa shape index (κ2) is 7.99. The number of rotatable bonds is 7. The van der Waals surface area contributed by atoms with E-state index in [0.717, 1.165) is 24.4 Å². The fraction of sp³-hybridized carbons (Fsp3) is 0.333. The van der Waals surface area contributed by atoms with Crippen LogP contribution in [0, 0.1) is 0 Å². The molecule has 0 heterocycles. The molecule has 0 saturated heterocycles. The highest BCUT2D eigenvalue weighted by Gasteiger charge is 2.02. The van der Waals surface area contributed by atoms with Gasteiger partial charge in [-0.25, -0.2) is 0 Å². The zero-order chi connectivity index (χ0) is 15.1. The highest BCUT2D eigenvalue weighted by Crippen LogP contribution is 2.20. The monoisotopic (exact) mass is 301 g/mol. The summed E-state index contributed by atoms with van der Waals surface area (Å²) in [5, 5.41) is 3.44. The lowest BCUT2D eigenvalue weighted by atomic mass is 10.2. The third kappa shape index (κ3) is 5.01. The first-order valence-electron chi connectivity index (χ1n) is 7.34. The minimum Gasteiger partial charge on any atom is -0.491 e. The number of hydrogen-bond donors (Lipinski definition) is 1. The molecule has 1 N–H and O–H groups in total. The lowest BCUT2D eigenvalue weighted by Gasteiger charge is -2.14. The molecule has 2 rings (SSSR count). The molecule has 2 nitrogen and oxygen atoms in total. The lowest BCUT2D eigenvalue weighted by molar-refractivity contribution is 0.217. The first-order valence-corrected chi connectivity index (χ1v) is 8.57. The van der Waals surface area contributed by atoms with Crippen molar-refractivity contribution in [3.8, 4) is 5.75 Å². The minimum absolute atomic E-state index is 0.249. The van der Waals surface area contributed by atoms with E-state index >= 15 is 0 Å². The summed E-state index contributed by atoms with van der Waals surface area (Å²) in [5.41, 5.74) is 2.37. The van der Waals surface area contributed by atoms with Gasteiger partial charge in [0.05, 0.1) is 6.10 Å². The summed E-state index contributed by atoms with van der Waals surface area (Å²) < 4.78 is 5.84. The Morgan fingerprint density at radius 2 is 1.90 bits per heavy atom. The number of ether oxygens (including phenoxy) is 1. The summed E-state index contributed by atoms with van der Waals surface area (Å²) in [6.45, 7) is 5.04. The Morgan fingerprint density at radius 3 is 2.57 bits per heavy atom. The first-order chi connectivity index (χ1) is 10.2. The number of thioether (sulfide) groups is 1. The van der Waals surface area contributed by atoms with Crippen molar-refractivity contribution in [2.45, 2.75) is 37.8 Å². The Kier molecular flexibility index (Phi) is 6.00. The third-order valence-electron chi connectivity index (χ3n) is 3.40. The van der Waals surface area contributed by atoms with Crippen LogP contribution < -0.4 is 10.1 Å². The Balaban J connectivity index is 1.94. The van der Waals surface area contributed by atoms with E-state index in [0.29, 0.717) is 0 Å². The zero-order valence-electron chi connectivity index (χ0n) is 12.9. The normalized spacial score (nSPS) is 12.0. The van der Waals surface area contributed by atoms with Crippen LogP contribution in [-0.4, -0.2) is 12.4 Å². The summed E-state index contributed by atoms with van der Waals surface area (Å²) in [7, 11) is 0. The van der Waals surface area contributed by atoms with Gasteiger partial charge >= 0.3 is 0 Å². The maximum absolute atomic E-state index is 5.84. The molecule has 3 heteroatoms. The number of hydrogen-bond acceptors (Lipinski definition) is 3. The van der Waals surface area contributed by atoms with Crippen LogP contribution in [0.2, 0.25) is 0 Å². The molecular weight excluding hydrogens is 278 g/mol. The summed E-state index contributed by atoms with van der Waals surface area (Å²) in [6.07, 6.45) is 3.36. The maximum Gasteiger partial charge on any atom is 0.121 e. The van der Waals surface area contributed by atoms with Crippen molar-refractivity contribution >= 4 is 17.4 Å². The van der Waals surface area contributed by atoms with Crippen molar-refractivity contribution in [1.82, 2.24) is 0 Å². The second-order valence-electron chi connectivity index (χ2n) is 5.07. The molecule has 0 bridgehead atoms. The molecule has 1 atom stereocenters. The molecule has 21 heavy (non-hydrogen) atoms. The van der Waals surface area contributed by atoms with Crippen LogP contribution in [0.3, 0.4) is 0 Å². The molecule has 0 spiro atoms. The van der Waals surface area contributed by atoms with Crippen molar-refractivity contribution in [3.63, 3.8) is 0 Å². The van der Waals surface area contributed by atoms with E-state index in [1.54, 1.807) is 11.8 Å². The minimum atomic E-state index is 0.249. The van der Waals surface area contributed by atoms with Crippen LogP contribution in [0.1, 0.15) is 25.8 Å². The smallest absolute Gasteiger partial charge is 0.121 e. The van der Waals surface area contributed by atoms with Gasteiger partial charge in [-0.2, -0.15) is 0 Å². The molecule has 2 aromatic rings. The molecule has 1 unspecified atom stereocenters. The van der Waals surface area contributed by atoms with E-state index in [1.165, 1.54) is 10.5 Å². The zero-order valence-corrected chi connectivity index (χ0v) is 13.7. The summed E-state index contributed by atoms with van der Waals surface area (Å²) in [4.78, 5) is 1.29. The van der Waals surface area contributed by atoms with Gasteiger partial charge < -0.3 is 10.1 Å². The highest BCUT2D eigenvalue weighted by atomic mass is 32.2. The Bertz CT molecular complexity index is 553. The van der Waals surface area contributed by atoms with Gasteiger partial charge in [0.1, 0.15) is 5.75 Å². The molecule has 0 aliphatic heterocycles. The Hall–Kier alpha value is -1.61. The predicted octanol–water partition coefficient (Wildman–Crippen LogP) is 5.20. The molecule has 0 saturated carbocycles. The Morgan fingerprint density at radius 1 is 1.14 bits per heavy atom. The number of benzene rings is 2. The van der Waals surface area contributed by atoms with Gasteiger partial charge in [-0.3, -0.25) is 0 Å². The first kappa shape index (κ1) is 15.8.